The van der Waals surface area contributed by atoms with Gasteiger partial charge < -0.3 is 19.1 Å². The van der Waals surface area contributed by atoms with E-state index < -0.39 is 5.60 Å². The zero-order chi connectivity index (χ0) is 18.7. The molecule has 0 bridgehead atoms. The number of methoxy groups -OCH3 is 1. The summed E-state index contributed by atoms with van der Waals surface area (Å²) >= 11 is 6.13. The number of ketones is 1. The SMILES string of the molecule is COCCOCC(=O)N1CCC2(CC1)CC(=O)c1cc(Cl)c(C)cc1O2. The lowest BCUT2D eigenvalue weighted by Gasteiger charge is -2.44. The number of carbonyl (C=O) groups is 2. The Bertz CT molecular complexity index is 697. The van der Waals surface area contributed by atoms with E-state index in [1.54, 1.807) is 18.1 Å². The van der Waals surface area contributed by atoms with E-state index >= 15 is 0 Å². The van der Waals surface area contributed by atoms with Gasteiger partial charge in [0.15, 0.2) is 5.78 Å². The van der Waals surface area contributed by atoms with Gasteiger partial charge in [0.25, 0.3) is 0 Å². The molecule has 1 amide bonds. The van der Waals surface area contributed by atoms with Crippen LogP contribution in [0.15, 0.2) is 12.1 Å². The normalized spacial score (nSPS) is 18.6. The van der Waals surface area contributed by atoms with Gasteiger partial charge in [-0.15, -0.1) is 0 Å². The quantitative estimate of drug-likeness (QED) is 0.733. The Morgan fingerprint density at radius 2 is 2.04 bits per heavy atom. The number of halogens is 1. The summed E-state index contributed by atoms with van der Waals surface area (Å²) in [5, 5.41) is 0.575. The van der Waals surface area contributed by atoms with Crippen LogP contribution < -0.4 is 4.74 Å². The lowest BCUT2D eigenvalue weighted by Crippen LogP contribution is -2.52. The van der Waals surface area contributed by atoms with Crippen LogP contribution in [-0.2, 0) is 14.3 Å². The molecular weight excluding hydrogens is 358 g/mol. The lowest BCUT2D eigenvalue weighted by molar-refractivity contribution is -0.140. The Balaban J connectivity index is 1.61. The Labute approximate surface area is 158 Å². The first kappa shape index (κ1) is 19.1. The van der Waals surface area contributed by atoms with Crippen LogP contribution in [0.25, 0.3) is 0 Å². The third-order valence-corrected chi connectivity index (χ3v) is 5.46. The highest BCUT2D eigenvalue weighted by Crippen LogP contribution is 2.41. The molecule has 7 heteroatoms. The van der Waals surface area contributed by atoms with Crippen molar-refractivity contribution in [3.05, 3.63) is 28.3 Å². The molecule has 3 rings (SSSR count). The van der Waals surface area contributed by atoms with E-state index in [1.165, 1.54) is 0 Å². The van der Waals surface area contributed by atoms with Crippen molar-refractivity contribution in [2.24, 2.45) is 0 Å². The smallest absolute Gasteiger partial charge is 0.248 e. The van der Waals surface area contributed by atoms with Gasteiger partial charge in [-0.1, -0.05) is 11.6 Å². The van der Waals surface area contributed by atoms with Crippen LogP contribution in [0.5, 0.6) is 5.75 Å². The molecule has 0 aromatic heterocycles. The van der Waals surface area contributed by atoms with Gasteiger partial charge in [-0.2, -0.15) is 0 Å². The molecule has 26 heavy (non-hydrogen) atoms. The second kappa shape index (κ2) is 7.94. The molecule has 0 atom stereocenters. The van der Waals surface area contributed by atoms with Gasteiger partial charge >= 0.3 is 0 Å². The van der Waals surface area contributed by atoms with E-state index in [2.05, 4.69) is 0 Å². The van der Waals surface area contributed by atoms with Gasteiger partial charge in [0, 0.05) is 38.1 Å². The number of piperidine rings is 1. The van der Waals surface area contributed by atoms with E-state index in [0.717, 1.165) is 5.56 Å². The van der Waals surface area contributed by atoms with Crippen molar-refractivity contribution in [1.82, 2.24) is 4.90 Å². The maximum absolute atomic E-state index is 12.6. The first-order valence-corrected chi connectivity index (χ1v) is 9.19. The van der Waals surface area contributed by atoms with Crippen LogP contribution in [0, 0.1) is 6.92 Å². The fraction of sp³-hybridized carbons (Fsp3) is 0.579. The first-order chi connectivity index (χ1) is 12.4. The average Bonchev–Trinajstić information content (AvgIpc) is 2.61. The number of nitrogens with zero attached hydrogens (tertiary/aromatic N) is 1. The Morgan fingerprint density at radius 3 is 2.73 bits per heavy atom. The predicted octanol–water partition coefficient (Wildman–Crippen LogP) is 2.64. The van der Waals surface area contributed by atoms with Gasteiger partial charge in [0.2, 0.25) is 5.91 Å². The summed E-state index contributed by atoms with van der Waals surface area (Å²) in [7, 11) is 1.59. The number of benzene rings is 1. The molecule has 0 saturated carbocycles. The van der Waals surface area contributed by atoms with Gasteiger partial charge in [-0.05, 0) is 24.6 Å². The number of likely N-dealkylation sites (tertiary alicyclic amines) is 1. The lowest BCUT2D eigenvalue weighted by atomic mass is 9.82. The zero-order valence-electron chi connectivity index (χ0n) is 15.2. The zero-order valence-corrected chi connectivity index (χ0v) is 15.9. The molecule has 1 aromatic carbocycles. The van der Waals surface area contributed by atoms with Crippen molar-refractivity contribution in [1.29, 1.82) is 0 Å². The molecule has 0 unspecified atom stereocenters. The highest BCUT2D eigenvalue weighted by Gasteiger charge is 2.43. The van der Waals surface area contributed by atoms with Crippen LogP contribution in [0.3, 0.4) is 0 Å². The van der Waals surface area contributed by atoms with Crippen molar-refractivity contribution in [3.63, 3.8) is 0 Å². The number of hydrogen-bond acceptors (Lipinski definition) is 5. The van der Waals surface area contributed by atoms with Crippen molar-refractivity contribution in [3.8, 4) is 5.75 Å². The Hall–Kier alpha value is -1.63. The third-order valence-electron chi connectivity index (χ3n) is 5.06. The summed E-state index contributed by atoms with van der Waals surface area (Å²) in [4.78, 5) is 26.6. The molecule has 1 aromatic rings. The molecule has 0 N–H and O–H groups in total. The van der Waals surface area contributed by atoms with Gasteiger partial charge in [0.05, 0.1) is 25.2 Å². The number of rotatable bonds is 5. The van der Waals surface area contributed by atoms with Crippen LogP contribution in [0.4, 0.5) is 0 Å². The molecule has 2 aliphatic heterocycles. The molecule has 142 valence electrons. The maximum atomic E-state index is 12.6. The largest absolute Gasteiger partial charge is 0.486 e. The Morgan fingerprint density at radius 1 is 1.31 bits per heavy atom. The van der Waals surface area contributed by atoms with Crippen molar-refractivity contribution >= 4 is 23.3 Å². The van der Waals surface area contributed by atoms with Crippen molar-refractivity contribution in [2.45, 2.75) is 31.8 Å². The summed E-state index contributed by atoms with van der Waals surface area (Å²) in [5.74, 6) is 0.614. The summed E-state index contributed by atoms with van der Waals surface area (Å²) in [6, 6.07) is 3.52. The maximum Gasteiger partial charge on any atom is 0.248 e. The first-order valence-electron chi connectivity index (χ1n) is 8.81. The van der Waals surface area contributed by atoms with E-state index in [4.69, 9.17) is 25.8 Å². The van der Waals surface area contributed by atoms with Crippen molar-refractivity contribution < 1.29 is 23.8 Å². The topological polar surface area (TPSA) is 65.1 Å². The minimum atomic E-state index is -0.530. The number of fused-ring (bicyclic) bond motifs is 1. The molecule has 1 saturated heterocycles. The van der Waals surface area contributed by atoms with Gasteiger partial charge in [0.1, 0.15) is 18.0 Å². The second-order valence-corrected chi connectivity index (χ2v) is 7.32. The molecule has 1 spiro atoms. The highest BCUT2D eigenvalue weighted by molar-refractivity contribution is 6.31. The standard InChI is InChI=1S/C19H24ClNO5/c1-13-9-17-14(10-15(13)20)16(22)11-19(26-17)3-5-21(6-4-19)18(23)12-25-8-7-24-2/h9-10H,3-8,11-12H2,1-2H3. The third kappa shape index (κ3) is 4.03. The molecule has 0 aliphatic carbocycles. The molecule has 1 fully saturated rings. The minimum absolute atomic E-state index is 0.0406. The molecule has 2 aliphatic rings. The summed E-state index contributed by atoms with van der Waals surface area (Å²) in [6.45, 7) is 3.92. The fourth-order valence-corrected chi connectivity index (χ4v) is 3.61. The van der Waals surface area contributed by atoms with E-state index in [-0.39, 0.29) is 18.3 Å². The second-order valence-electron chi connectivity index (χ2n) is 6.91. The molecule has 2 heterocycles. The fourth-order valence-electron chi connectivity index (χ4n) is 3.45. The van der Waals surface area contributed by atoms with Crippen LogP contribution in [-0.4, -0.2) is 62.2 Å². The van der Waals surface area contributed by atoms with Crippen LogP contribution in [0.1, 0.15) is 35.2 Å². The monoisotopic (exact) mass is 381 g/mol. The number of hydrogen-bond donors (Lipinski definition) is 0. The molecular formula is C19H24ClNO5. The van der Waals surface area contributed by atoms with Crippen molar-refractivity contribution in [2.75, 3.05) is 40.0 Å². The summed E-state index contributed by atoms with van der Waals surface area (Å²) in [6.07, 6.45) is 1.58. The number of Topliss-reactive ketones (excluding diaryl/α,β-unsaturated/α-hetero) is 1. The van der Waals surface area contributed by atoms with E-state index in [0.29, 0.717) is 61.9 Å². The predicted molar refractivity (Wildman–Crippen MR) is 97.0 cm³/mol. The van der Waals surface area contributed by atoms with Gasteiger partial charge in [-0.25, -0.2) is 0 Å². The van der Waals surface area contributed by atoms with E-state index in [9.17, 15) is 9.59 Å². The van der Waals surface area contributed by atoms with E-state index in [1.807, 2.05) is 13.0 Å². The number of amides is 1. The van der Waals surface area contributed by atoms with Crippen LogP contribution in [0.2, 0.25) is 5.02 Å². The number of ether oxygens (including phenoxy) is 3. The van der Waals surface area contributed by atoms with Gasteiger partial charge in [-0.3, -0.25) is 9.59 Å². The van der Waals surface area contributed by atoms with Crippen LogP contribution >= 0.6 is 11.6 Å². The Kier molecular flexibility index (Phi) is 5.85. The number of aryl methyl sites for hydroxylation is 1. The summed E-state index contributed by atoms with van der Waals surface area (Å²) < 4.78 is 16.4. The summed E-state index contributed by atoms with van der Waals surface area (Å²) in [5.41, 5.74) is 0.908. The average molecular weight is 382 g/mol. The minimum Gasteiger partial charge on any atom is -0.486 e. The number of carbonyl (C=O) groups excluding carboxylic acids is 2. The highest BCUT2D eigenvalue weighted by atomic mass is 35.5. The molecule has 0 radical (unpaired) electrons. The molecule has 6 nitrogen and oxygen atoms in total.